The Labute approximate surface area is 125 Å². The number of nitro groups is 1. The SMILES string of the molecule is NC1CCN(S(=O)(=O)c2ccc([N+](=O)[O-])c(Br)c2)CC1. The Morgan fingerprint density at radius 3 is 2.45 bits per heavy atom. The van der Waals surface area contributed by atoms with E-state index in [1.165, 1.54) is 22.5 Å². The normalized spacial score (nSPS) is 18.1. The molecule has 2 N–H and O–H groups in total. The van der Waals surface area contributed by atoms with E-state index >= 15 is 0 Å². The zero-order valence-corrected chi connectivity index (χ0v) is 12.9. The van der Waals surface area contributed by atoms with E-state index in [9.17, 15) is 18.5 Å². The summed E-state index contributed by atoms with van der Waals surface area (Å²) >= 11 is 3.03. The fraction of sp³-hybridized carbons (Fsp3) is 0.455. The molecule has 1 aromatic carbocycles. The van der Waals surface area contributed by atoms with Crippen LogP contribution in [0.25, 0.3) is 0 Å². The quantitative estimate of drug-likeness (QED) is 0.646. The molecule has 1 aromatic rings. The van der Waals surface area contributed by atoms with Crippen LogP contribution in [0.1, 0.15) is 12.8 Å². The molecule has 0 radical (unpaired) electrons. The van der Waals surface area contributed by atoms with Gasteiger partial charge in [-0.3, -0.25) is 10.1 Å². The lowest BCUT2D eigenvalue weighted by atomic mass is 10.1. The number of nitrogens with zero attached hydrogens (tertiary/aromatic N) is 2. The molecule has 7 nitrogen and oxygen atoms in total. The molecular weight excluding hydrogens is 350 g/mol. The molecule has 1 fully saturated rings. The minimum Gasteiger partial charge on any atom is -0.328 e. The Morgan fingerprint density at radius 2 is 1.95 bits per heavy atom. The predicted octanol–water partition coefficient (Wildman–Crippen LogP) is 1.47. The van der Waals surface area contributed by atoms with Crippen molar-refractivity contribution in [2.75, 3.05) is 13.1 Å². The third-order valence-corrected chi connectivity index (χ3v) is 5.78. The molecule has 1 aliphatic heterocycles. The molecule has 1 aliphatic rings. The number of rotatable bonds is 3. The average molecular weight is 364 g/mol. The van der Waals surface area contributed by atoms with Crippen LogP contribution in [0.5, 0.6) is 0 Å². The van der Waals surface area contributed by atoms with Crippen molar-refractivity contribution in [2.45, 2.75) is 23.8 Å². The van der Waals surface area contributed by atoms with Gasteiger partial charge < -0.3 is 5.73 Å². The Balaban J connectivity index is 2.30. The fourth-order valence-electron chi connectivity index (χ4n) is 2.06. The van der Waals surface area contributed by atoms with Crippen LogP contribution in [0, 0.1) is 10.1 Å². The molecule has 0 aliphatic carbocycles. The van der Waals surface area contributed by atoms with Crippen LogP contribution >= 0.6 is 15.9 Å². The maximum absolute atomic E-state index is 12.4. The molecule has 110 valence electrons. The van der Waals surface area contributed by atoms with E-state index in [2.05, 4.69) is 15.9 Å². The van der Waals surface area contributed by atoms with Gasteiger partial charge in [-0.25, -0.2) is 8.42 Å². The van der Waals surface area contributed by atoms with Gasteiger partial charge in [0.15, 0.2) is 0 Å². The van der Waals surface area contributed by atoms with Crippen LogP contribution in [0.3, 0.4) is 0 Å². The molecule has 1 saturated heterocycles. The Bertz CT molecular complexity index is 627. The Morgan fingerprint density at radius 1 is 1.35 bits per heavy atom. The van der Waals surface area contributed by atoms with E-state index in [0.29, 0.717) is 25.9 Å². The molecule has 0 amide bonds. The topological polar surface area (TPSA) is 107 Å². The molecular formula is C11H14BrN3O4S. The molecule has 0 saturated carbocycles. The molecule has 9 heteroatoms. The first-order chi connectivity index (χ1) is 9.32. The van der Waals surface area contributed by atoms with Crippen molar-refractivity contribution in [3.8, 4) is 0 Å². The molecule has 1 heterocycles. The molecule has 0 bridgehead atoms. The summed E-state index contributed by atoms with van der Waals surface area (Å²) in [4.78, 5) is 10.2. The van der Waals surface area contributed by atoms with Gasteiger partial charge in [0.25, 0.3) is 5.69 Å². The summed E-state index contributed by atoms with van der Waals surface area (Å²) in [6.07, 6.45) is 1.24. The predicted molar refractivity (Wildman–Crippen MR) is 76.8 cm³/mol. The second-order valence-corrected chi connectivity index (χ2v) is 7.40. The minimum atomic E-state index is -3.63. The lowest BCUT2D eigenvalue weighted by molar-refractivity contribution is -0.385. The standard InChI is InChI=1S/C11H14BrN3O4S/c12-10-7-9(1-2-11(10)15(16)17)20(18,19)14-5-3-8(13)4-6-14/h1-2,7-8H,3-6,13H2. The van der Waals surface area contributed by atoms with Crippen molar-refractivity contribution in [3.63, 3.8) is 0 Å². The van der Waals surface area contributed by atoms with E-state index in [4.69, 9.17) is 5.73 Å². The van der Waals surface area contributed by atoms with E-state index in [0.717, 1.165) is 0 Å². The highest BCUT2D eigenvalue weighted by atomic mass is 79.9. The maximum atomic E-state index is 12.4. The summed E-state index contributed by atoms with van der Waals surface area (Å²) < 4.78 is 26.4. The first kappa shape index (κ1) is 15.4. The average Bonchev–Trinajstić information content (AvgIpc) is 2.38. The second kappa shape index (κ2) is 5.76. The van der Waals surface area contributed by atoms with Crippen LogP contribution in [-0.4, -0.2) is 36.8 Å². The number of nitro benzene ring substituents is 1. The second-order valence-electron chi connectivity index (χ2n) is 4.61. The molecule has 0 unspecified atom stereocenters. The molecule has 2 rings (SSSR count). The van der Waals surface area contributed by atoms with Gasteiger partial charge in [0, 0.05) is 25.2 Å². The smallest absolute Gasteiger partial charge is 0.283 e. The van der Waals surface area contributed by atoms with Gasteiger partial charge in [0.05, 0.1) is 14.3 Å². The highest BCUT2D eigenvalue weighted by Gasteiger charge is 2.29. The minimum absolute atomic E-state index is 0.0325. The summed E-state index contributed by atoms with van der Waals surface area (Å²) in [6.45, 7) is 0.746. The van der Waals surface area contributed by atoms with Crippen LogP contribution in [0.15, 0.2) is 27.6 Å². The zero-order valence-electron chi connectivity index (χ0n) is 10.5. The van der Waals surface area contributed by atoms with Gasteiger partial charge >= 0.3 is 0 Å². The third-order valence-electron chi connectivity index (χ3n) is 3.25. The largest absolute Gasteiger partial charge is 0.328 e. The number of nitrogens with two attached hydrogens (primary N) is 1. The molecule has 20 heavy (non-hydrogen) atoms. The van der Waals surface area contributed by atoms with Gasteiger partial charge in [-0.15, -0.1) is 0 Å². The van der Waals surface area contributed by atoms with Crippen molar-refractivity contribution < 1.29 is 13.3 Å². The van der Waals surface area contributed by atoms with E-state index in [1.54, 1.807) is 0 Å². The van der Waals surface area contributed by atoms with Gasteiger partial charge in [0.2, 0.25) is 10.0 Å². The number of piperidine rings is 1. The van der Waals surface area contributed by atoms with Crippen LogP contribution in [-0.2, 0) is 10.0 Å². The van der Waals surface area contributed by atoms with Crippen molar-refractivity contribution >= 4 is 31.6 Å². The van der Waals surface area contributed by atoms with Crippen molar-refractivity contribution in [1.82, 2.24) is 4.31 Å². The molecule has 0 atom stereocenters. The monoisotopic (exact) mass is 363 g/mol. The van der Waals surface area contributed by atoms with Gasteiger partial charge in [-0.2, -0.15) is 4.31 Å². The van der Waals surface area contributed by atoms with E-state index in [-0.39, 0.29) is 21.1 Å². The molecule has 0 aromatic heterocycles. The summed E-state index contributed by atoms with van der Waals surface area (Å²) in [7, 11) is -3.63. The summed E-state index contributed by atoms with van der Waals surface area (Å²) in [6, 6.07) is 3.74. The van der Waals surface area contributed by atoms with Crippen LogP contribution in [0.4, 0.5) is 5.69 Å². The van der Waals surface area contributed by atoms with Gasteiger partial charge in [-0.1, -0.05) is 0 Å². The summed E-state index contributed by atoms with van der Waals surface area (Å²) in [5.41, 5.74) is 5.59. The van der Waals surface area contributed by atoms with Gasteiger partial charge in [-0.05, 0) is 40.9 Å². The number of hydrogen-bond acceptors (Lipinski definition) is 5. The zero-order chi connectivity index (χ0) is 14.9. The number of hydrogen-bond donors (Lipinski definition) is 1. The van der Waals surface area contributed by atoms with Crippen molar-refractivity contribution in [1.29, 1.82) is 0 Å². The van der Waals surface area contributed by atoms with E-state index in [1.807, 2.05) is 0 Å². The highest BCUT2D eigenvalue weighted by Crippen LogP contribution is 2.29. The highest BCUT2D eigenvalue weighted by molar-refractivity contribution is 9.10. The number of halogens is 1. The van der Waals surface area contributed by atoms with Crippen molar-refractivity contribution in [3.05, 3.63) is 32.8 Å². The first-order valence-corrected chi connectivity index (χ1v) is 8.25. The van der Waals surface area contributed by atoms with E-state index < -0.39 is 14.9 Å². The summed E-state index contributed by atoms with van der Waals surface area (Å²) in [5, 5.41) is 10.7. The Kier molecular flexibility index (Phi) is 4.43. The number of sulfonamides is 1. The van der Waals surface area contributed by atoms with Crippen LogP contribution in [0.2, 0.25) is 0 Å². The third kappa shape index (κ3) is 3.00. The Hall–Kier alpha value is -1.03. The lowest BCUT2D eigenvalue weighted by Gasteiger charge is -2.29. The fourth-order valence-corrected chi connectivity index (χ4v) is 4.23. The van der Waals surface area contributed by atoms with Crippen LogP contribution < -0.4 is 5.73 Å². The maximum Gasteiger partial charge on any atom is 0.283 e. The first-order valence-electron chi connectivity index (χ1n) is 6.02. The molecule has 0 spiro atoms. The lowest BCUT2D eigenvalue weighted by Crippen LogP contribution is -2.42. The number of benzene rings is 1. The summed E-state index contributed by atoms with van der Waals surface area (Å²) in [5.74, 6) is 0. The van der Waals surface area contributed by atoms with Crippen molar-refractivity contribution in [2.24, 2.45) is 5.73 Å². The van der Waals surface area contributed by atoms with Gasteiger partial charge in [0.1, 0.15) is 0 Å².